The van der Waals surface area contributed by atoms with Crippen LogP contribution in [0.4, 0.5) is 4.79 Å². The monoisotopic (exact) mass is 285 g/mol. The number of amides is 3. The van der Waals surface area contributed by atoms with Crippen LogP contribution in [0.5, 0.6) is 0 Å². The number of carbonyl (C=O) groups excluding carboxylic acids is 2. The molecule has 0 aliphatic carbocycles. The average Bonchev–Trinajstić information content (AvgIpc) is 3.04. The lowest BCUT2D eigenvalue weighted by atomic mass is 10.2. The van der Waals surface area contributed by atoms with Gasteiger partial charge >= 0.3 is 12.0 Å². The van der Waals surface area contributed by atoms with E-state index in [2.05, 4.69) is 5.32 Å². The molecule has 2 rings (SSSR count). The minimum atomic E-state index is -1.15. The van der Waals surface area contributed by atoms with Crippen LogP contribution in [0.2, 0.25) is 0 Å². The lowest BCUT2D eigenvalue weighted by molar-refractivity contribution is -0.141. The molecule has 0 aromatic rings. The van der Waals surface area contributed by atoms with Gasteiger partial charge in [0.1, 0.15) is 6.04 Å². The van der Waals surface area contributed by atoms with E-state index in [-0.39, 0.29) is 25.4 Å². The molecule has 0 radical (unpaired) electrons. The minimum Gasteiger partial charge on any atom is -0.480 e. The summed E-state index contributed by atoms with van der Waals surface area (Å²) in [5, 5.41) is 20.9. The average molecular weight is 285 g/mol. The molecule has 8 heteroatoms. The van der Waals surface area contributed by atoms with Crippen molar-refractivity contribution < 1.29 is 24.6 Å². The number of hydrogen-bond donors (Lipinski definition) is 3. The SMILES string of the molecule is O=C(O)[C@@H]1C[C@H](O)CN1C(=O)NCC(=O)N1CCCC1. The second-order valence-corrected chi connectivity index (χ2v) is 5.14. The summed E-state index contributed by atoms with van der Waals surface area (Å²) in [6, 6.07) is -1.66. The first kappa shape index (κ1) is 14.6. The van der Waals surface area contributed by atoms with Crippen LogP contribution in [0.15, 0.2) is 0 Å². The number of hydrogen-bond acceptors (Lipinski definition) is 4. The molecule has 2 atom stereocenters. The Morgan fingerprint density at radius 3 is 2.45 bits per heavy atom. The van der Waals surface area contributed by atoms with Crippen LogP contribution >= 0.6 is 0 Å². The van der Waals surface area contributed by atoms with Gasteiger partial charge in [0.2, 0.25) is 5.91 Å². The van der Waals surface area contributed by atoms with Crippen molar-refractivity contribution in [3.05, 3.63) is 0 Å². The predicted octanol–water partition coefficient (Wildman–Crippen LogP) is -1.16. The number of urea groups is 1. The van der Waals surface area contributed by atoms with Gasteiger partial charge in [-0.3, -0.25) is 4.79 Å². The highest BCUT2D eigenvalue weighted by molar-refractivity contribution is 5.87. The molecule has 112 valence electrons. The molecule has 2 aliphatic rings. The Bertz CT molecular complexity index is 408. The number of likely N-dealkylation sites (tertiary alicyclic amines) is 2. The molecule has 2 aliphatic heterocycles. The van der Waals surface area contributed by atoms with Crippen molar-refractivity contribution in [2.75, 3.05) is 26.2 Å². The van der Waals surface area contributed by atoms with Crippen molar-refractivity contribution in [3.63, 3.8) is 0 Å². The Labute approximate surface area is 116 Å². The van der Waals surface area contributed by atoms with Gasteiger partial charge in [-0.1, -0.05) is 0 Å². The fourth-order valence-corrected chi connectivity index (χ4v) is 2.60. The van der Waals surface area contributed by atoms with Crippen LogP contribution in [0.25, 0.3) is 0 Å². The van der Waals surface area contributed by atoms with Gasteiger partial charge in [-0.05, 0) is 12.8 Å². The number of carboxylic acid groups (broad SMARTS) is 1. The lowest BCUT2D eigenvalue weighted by Crippen LogP contribution is -2.48. The maximum absolute atomic E-state index is 11.9. The Morgan fingerprint density at radius 1 is 1.20 bits per heavy atom. The van der Waals surface area contributed by atoms with E-state index in [0.717, 1.165) is 17.7 Å². The van der Waals surface area contributed by atoms with Crippen molar-refractivity contribution in [3.8, 4) is 0 Å². The predicted molar refractivity (Wildman–Crippen MR) is 68.0 cm³/mol. The second kappa shape index (κ2) is 6.08. The number of carbonyl (C=O) groups is 3. The van der Waals surface area contributed by atoms with Crippen molar-refractivity contribution in [1.82, 2.24) is 15.1 Å². The fourth-order valence-electron chi connectivity index (χ4n) is 2.60. The summed E-state index contributed by atoms with van der Waals surface area (Å²) in [6.07, 6.45) is 1.12. The summed E-state index contributed by atoms with van der Waals surface area (Å²) in [5.74, 6) is -1.31. The normalized spacial score (nSPS) is 25.9. The first-order valence-corrected chi connectivity index (χ1v) is 6.72. The van der Waals surface area contributed by atoms with Crippen molar-refractivity contribution in [2.45, 2.75) is 31.4 Å². The highest BCUT2D eigenvalue weighted by Gasteiger charge is 2.39. The van der Waals surface area contributed by atoms with Gasteiger partial charge in [-0.2, -0.15) is 0 Å². The summed E-state index contributed by atoms with van der Waals surface area (Å²) in [5.41, 5.74) is 0. The number of nitrogens with zero attached hydrogens (tertiary/aromatic N) is 2. The lowest BCUT2D eigenvalue weighted by Gasteiger charge is -2.22. The van der Waals surface area contributed by atoms with E-state index < -0.39 is 24.1 Å². The summed E-state index contributed by atoms with van der Waals surface area (Å²) >= 11 is 0. The van der Waals surface area contributed by atoms with E-state index in [1.54, 1.807) is 4.90 Å². The maximum atomic E-state index is 11.9. The molecule has 3 amide bonds. The van der Waals surface area contributed by atoms with Crippen LogP contribution in [0, 0.1) is 0 Å². The number of β-amino-alcohol motifs (C(OH)–C–C–N with tert-alkyl or cyclic N) is 1. The summed E-state index contributed by atoms with van der Waals surface area (Å²) in [4.78, 5) is 37.4. The van der Waals surface area contributed by atoms with E-state index in [1.807, 2.05) is 0 Å². The number of aliphatic hydroxyl groups excluding tert-OH is 1. The smallest absolute Gasteiger partial charge is 0.326 e. The van der Waals surface area contributed by atoms with Gasteiger partial charge in [0.05, 0.1) is 12.6 Å². The molecule has 8 nitrogen and oxygen atoms in total. The van der Waals surface area contributed by atoms with Gasteiger partial charge in [-0.25, -0.2) is 9.59 Å². The highest BCUT2D eigenvalue weighted by atomic mass is 16.4. The topological polar surface area (TPSA) is 110 Å². The largest absolute Gasteiger partial charge is 0.480 e. The molecule has 2 fully saturated rings. The Morgan fingerprint density at radius 2 is 1.85 bits per heavy atom. The van der Waals surface area contributed by atoms with Crippen LogP contribution < -0.4 is 5.32 Å². The van der Waals surface area contributed by atoms with Gasteiger partial charge in [-0.15, -0.1) is 0 Å². The third-order valence-electron chi connectivity index (χ3n) is 3.67. The Balaban J connectivity index is 1.84. The first-order chi connectivity index (χ1) is 9.49. The summed E-state index contributed by atoms with van der Waals surface area (Å²) < 4.78 is 0. The third kappa shape index (κ3) is 3.19. The van der Waals surface area contributed by atoms with Crippen LogP contribution in [0.1, 0.15) is 19.3 Å². The van der Waals surface area contributed by atoms with Crippen LogP contribution in [-0.4, -0.2) is 76.2 Å². The van der Waals surface area contributed by atoms with Gasteiger partial charge in [0.25, 0.3) is 0 Å². The number of aliphatic carboxylic acids is 1. The fraction of sp³-hybridized carbons (Fsp3) is 0.750. The van der Waals surface area contributed by atoms with Crippen molar-refractivity contribution >= 4 is 17.9 Å². The van der Waals surface area contributed by atoms with E-state index in [0.29, 0.717) is 13.1 Å². The standard InChI is InChI=1S/C12H19N3O5/c16-8-5-9(11(18)19)15(7-8)12(20)13-6-10(17)14-3-1-2-4-14/h8-9,16H,1-7H2,(H,13,20)(H,18,19)/t8-,9-/m0/s1. The number of rotatable bonds is 3. The molecule has 0 spiro atoms. The van der Waals surface area contributed by atoms with Crippen molar-refractivity contribution in [2.24, 2.45) is 0 Å². The van der Waals surface area contributed by atoms with E-state index in [4.69, 9.17) is 5.11 Å². The zero-order valence-electron chi connectivity index (χ0n) is 11.1. The zero-order chi connectivity index (χ0) is 14.7. The van der Waals surface area contributed by atoms with Gasteiger partial charge in [0.15, 0.2) is 0 Å². The van der Waals surface area contributed by atoms with E-state index in [1.165, 1.54) is 0 Å². The minimum absolute atomic E-state index is 0.0167. The molecule has 2 heterocycles. The summed E-state index contributed by atoms with van der Waals surface area (Å²) in [7, 11) is 0. The molecule has 0 saturated carbocycles. The molecule has 0 aromatic carbocycles. The maximum Gasteiger partial charge on any atom is 0.326 e. The van der Waals surface area contributed by atoms with Gasteiger partial charge < -0.3 is 25.3 Å². The summed E-state index contributed by atoms with van der Waals surface area (Å²) in [6.45, 7) is 1.24. The molecule has 0 aromatic heterocycles. The molecule has 2 saturated heterocycles. The zero-order valence-corrected chi connectivity index (χ0v) is 11.1. The molecule has 0 bridgehead atoms. The Kier molecular flexibility index (Phi) is 4.43. The van der Waals surface area contributed by atoms with Crippen LogP contribution in [-0.2, 0) is 9.59 Å². The van der Waals surface area contributed by atoms with E-state index >= 15 is 0 Å². The number of nitrogens with one attached hydrogen (secondary N) is 1. The Hall–Kier alpha value is -1.83. The molecule has 20 heavy (non-hydrogen) atoms. The number of carboxylic acids is 1. The molecule has 3 N–H and O–H groups in total. The third-order valence-corrected chi connectivity index (χ3v) is 3.67. The molecular weight excluding hydrogens is 266 g/mol. The first-order valence-electron chi connectivity index (χ1n) is 6.72. The van der Waals surface area contributed by atoms with E-state index in [9.17, 15) is 19.5 Å². The van der Waals surface area contributed by atoms with Gasteiger partial charge in [0, 0.05) is 26.1 Å². The van der Waals surface area contributed by atoms with Crippen molar-refractivity contribution in [1.29, 1.82) is 0 Å². The number of aliphatic hydroxyl groups is 1. The molecular formula is C12H19N3O5. The quantitative estimate of drug-likeness (QED) is 0.606. The second-order valence-electron chi connectivity index (χ2n) is 5.14. The van der Waals surface area contributed by atoms with Crippen LogP contribution in [0.3, 0.4) is 0 Å². The highest BCUT2D eigenvalue weighted by Crippen LogP contribution is 2.18. The molecule has 0 unspecified atom stereocenters.